The van der Waals surface area contributed by atoms with E-state index < -0.39 is 0 Å². The Morgan fingerprint density at radius 1 is 1.36 bits per heavy atom. The zero-order valence-corrected chi connectivity index (χ0v) is 13.1. The first-order valence-corrected chi connectivity index (χ1v) is 7.97. The molecule has 1 aromatic rings. The van der Waals surface area contributed by atoms with Crippen LogP contribution in [-0.4, -0.2) is 60.0 Å². The van der Waals surface area contributed by atoms with E-state index in [-0.39, 0.29) is 12.0 Å². The highest BCUT2D eigenvalue weighted by atomic mass is 16.5. The lowest BCUT2D eigenvalue weighted by Crippen LogP contribution is -2.45. The van der Waals surface area contributed by atoms with Gasteiger partial charge in [-0.3, -0.25) is 14.7 Å². The fourth-order valence-electron chi connectivity index (χ4n) is 3.17. The van der Waals surface area contributed by atoms with Crippen LogP contribution in [0.5, 0.6) is 0 Å². The van der Waals surface area contributed by atoms with Gasteiger partial charge in [0.15, 0.2) is 0 Å². The van der Waals surface area contributed by atoms with E-state index in [2.05, 4.69) is 9.88 Å². The fraction of sp³-hybridized carbons (Fsp3) is 0.625. The van der Waals surface area contributed by atoms with E-state index in [4.69, 9.17) is 10.5 Å². The minimum atomic E-state index is -0.109. The van der Waals surface area contributed by atoms with Crippen LogP contribution in [0.3, 0.4) is 0 Å². The molecule has 0 radical (unpaired) electrons. The van der Waals surface area contributed by atoms with Crippen molar-refractivity contribution in [2.75, 3.05) is 45.1 Å². The summed E-state index contributed by atoms with van der Waals surface area (Å²) in [6.45, 7) is 6.31. The van der Waals surface area contributed by atoms with E-state index in [0.29, 0.717) is 25.4 Å². The monoisotopic (exact) mass is 304 g/mol. The summed E-state index contributed by atoms with van der Waals surface area (Å²) >= 11 is 0. The lowest BCUT2D eigenvalue weighted by molar-refractivity contribution is -0.133. The van der Waals surface area contributed by atoms with Crippen LogP contribution in [0.4, 0.5) is 5.69 Å². The van der Waals surface area contributed by atoms with Crippen molar-refractivity contribution in [3.05, 3.63) is 23.5 Å². The lowest BCUT2D eigenvalue weighted by atomic mass is 10.1. The SMILES string of the molecule is Cc1cc(N)cc([C@@H]2CN(CC(=O)N3CCCC3)CCO2)n1. The smallest absolute Gasteiger partial charge is 0.236 e. The van der Waals surface area contributed by atoms with Crippen molar-refractivity contribution in [1.82, 2.24) is 14.8 Å². The van der Waals surface area contributed by atoms with Crippen molar-refractivity contribution < 1.29 is 9.53 Å². The third-order valence-electron chi connectivity index (χ3n) is 4.29. The molecule has 22 heavy (non-hydrogen) atoms. The van der Waals surface area contributed by atoms with Crippen LogP contribution < -0.4 is 5.73 Å². The molecule has 120 valence electrons. The number of hydrogen-bond donors (Lipinski definition) is 1. The molecule has 2 aliphatic heterocycles. The molecule has 0 aliphatic carbocycles. The zero-order valence-electron chi connectivity index (χ0n) is 13.1. The minimum Gasteiger partial charge on any atom is -0.399 e. The van der Waals surface area contributed by atoms with E-state index in [1.165, 1.54) is 0 Å². The van der Waals surface area contributed by atoms with Gasteiger partial charge in [-0.05, 0) is 31.9 Å². The average Bonchev–Trinajstić information content (AvgIpc) is 3.01. The Hall–Kier alpha value is -1.66. The van der Waals surface area contributed by atoms with Gasteiger partial charge in [-0.2, -0.15) is 0 Å². The van der Waals surface area contributed by atoms with Crippen LogP contribution in [0.1, 0.15) is 30.3 Å². The highest BCUT2D eigenvalue weighted by Crippen LogP contribution is 2.23. The fourth-order valence-corrected chi connectivity index (χ4v) is 3.17. The van der Waals surface area contributed by atoms with Gasteiger partial charge in [0.1, 0.15) is 6.10 Å². The van der Waals surface area contributed by atoms with Gasteiger partial charge in [0.2, 0.25) is 5.91 Å². The lowest BCUT2D eigenvalue weighted by Gasteiger charge is -2.33. The van der Waals surface area contributed by atoms with Gasteiger partial charge in [-0.25, -0.2) is 0 Å². The summed E-state index contributed by atoms with van der Waals surface area (Å²) in [4.78, 5) is 20.9. The van der Waals surface area contributed by atoms with Gasteiger partial charge in [-0.1, -0.05) is 0 Å². The molecule has 3 rings (SSSR count). The number of nitrogens with zero attached hydrogens (tertiary/aromatic N) is 3. The molecule has 2 N–H and O–H groups in total. The van der Waals surface area contributed by atoms with Crippen LogP contribution in [0.2, 0.25) is 0 Å². The maximum absolute atomic E-state index is 12.3. The third kappa shape index (κ3) is 3.56. The van der Waals surface area contributed by atoms with Gasteiger partial charge >= 0.3 is 0 Å². The minimum absolute atomic E-state index is 0.109. The molecule has 0 saturated carbocycles. The molecule has 2 aliphatic rings. The second-order valence-corrected chi connectivity index (χ2v) is 6.15. The predicted octanol–water partition coefficient (Wildman–Crippen LogP) is 0.968. The maximum Gasteiger partial charge on any atom is 0.236 e. The first-order chi connectivity index (χ1) is 10.6. The number of morpholine rings is 1. The molecule has 6 nitrogen and oxygen atoms in total. The number of pyridine rings is 1. The average molecular weight is 304 g/mol. The van der Waals surface area contributed by atoms with Gasteiger partial charge in [0, 0.05) is 37.6 Å². The Balaban J connectivity index is 1.62. The number of aromatic nitrogens is 1. The van der Waals surface area contributed by atoms with Gasteiger partial charge in [0.25, 0.3) is 0 Å². The number of carbonyl (C=O) groups excluding carboxylic acids is 1. The molecule has 0 spiro atoms. The summed E-state index contributed by atoms with van der Waals surface area (Å²) in [7, 11) is 0. The zero-order chi connectivity index (χ0) is 15.5. The van der Waals surface area contributed by atoms with Crippen LogP contribution in [0.15, 0.2) is 12.1 Å². The normalized spacial score (nSPS) is 23.0. The quantitative estimate of drug-likeness (QED) is 0.901. The van der Waals surface area contributed by atoms with Crippen LogP contribution >= 0.6 is 0 Å². The number of amides is 1. The summed E-state index contributed by atoms with van der Waals surface area (Å²) < 4.78 is 5.83. The van der Waals surface area contributed by atoms with Crippen LogP contribution in [0.25, 0.3) is 0 Å². The molecule has 0 unspecified atom stereocenters. The van der Waals surface area contributed by atoms with E-state index in [1.807, 2.05) is 24.0 Å². The molecule has 6 heteroatoms. The maximum atomic E-state index is 12.3. The van der Waals surface area contributed by atoms with Crippen LogP contribution in [0, 0.1) is 6.92 Å². The first kappa shape index (κ1) is 15.2. The van der Waals surface area contributed by atoms with Crippen molar-refractivity contribution in [2.45, 2.75) is 25.9 Å². The van der Waals surface area contributed by atoms with Crippen molar-refractivity contribution >= 4 is 11.6 Å². The summed E-state index contributed by atoms with van der Waals surface area (Å²) in [6.07, 6.45) is 2.15. The molecule has 2 fully saturated rings. The number of carbonyl (C=O) groups is 1. The molecule has 1 amide bonds. The molecule has 2 saturated heterocycles. The highest BCUT2D eigenvalue weighted by molar-refractivity contribution is 5.78. The molecular formula is C16H24N4O2. The highest BCUT2D eigenvalue weighted by Gasteiger charge is 2.27. The number of likely N-dealkylation sites (tertiary alicyclic amines) is 1. The van der Waals surface area contributed by atoms with Gasteiger partial charge < -0.3 is 15.4 Å². The van der Waals surface area contributed by atoms with E-state index >= 15 is 0 Å². The predicted molar refractivity (Wildman–Crippen MR) is 84.3 cm³/mol. The van der Waals surface area contributed by atoms with Crippen molar-refractivity contribution in [2.24, 2.45) is 0 Å². The molecule has 0 bridgehead atoms. The van der Waals surface area contributed by atoms with Crippen molar-refractivity contribution in [3.8, 4) is 0 Å². The number of hydrogen-bond acceptors (Lipinski definition) is 5. The summed E-state index contributed by atoms with van der Waals surface area (Å²) in [6, 6.07) is 3.71. The van der Waals surface area contributed by atoms with Crippen molar-refractivity contribution in [1.29, 1.82) is 0 Å². The number of nitrogens with two attached hydrogens (primary N) is 1. The van der Waals surface area contributed by atoms with E-state index in [1.54, 1.807) is 0 Å². The topological polar surface area (TPSA) is 71.7 Å². The Bertz CT molecular complexity index is 523. The van der Waals surface area contributed by atoms with Gasteiger partial charge in [-0.15, -0.1) is 0 Å². The standard InChI is InChI=1S/C16H24N4O2/c1-12-8-13(17)9-14(18-12)15-10-19(6-7-22-15)11-16(21)20-4-2-3-5-20/h8-9,15H,2-7,10-11H2,1H3,(H2,17,18)/t15-/m0/s1. The molecule has 0 aromatic carbocycles. The van der Waals surface area contributed by atoms with Gasteiger partial charge in [0.05, 0.1) is 18.8 Å². The number of nitrogen functional groups attached to an aromatic ring is 1. The first-order valence-electron chi connectivity index (χ1n) is 7.97. The Labute approximate surface area is 131 Å². The number of ether oxygens (including phenoxy) is 1. The summed E-state index contributed by atoms with van der Waals surface area (Å²) in [5.41, 5.74) is 8.35. The molecule has 3 heterocycles. The molecule has 1 atom stereocenters. The largest absolute Gasteiger partial charge is 0.399 e. The second kappa shape index (κ2) is 6.62. The Kier molecular flexibility index (Phi) is 4.59. The molecular weight excluding hydrogens is 280 g/mol. The Morgan fingerprint density at radius 3 is 2.86 bits per heavy atom. The summed E-state index contributed by atoms with van der Waals surface area (Å²) in [5, 5.41) is 0. The Morgan fingerprint density at radius 2 is 2.14 bits per heavy atom. The number of aryl methyl sites for hydroxylation is 1. The second-order valence-electron chi connectivity index (χ2n) is 6.15. The van der Waals surface area contributed by atoms with Crippen molar-refractivity contribution in [3.63, 3.8) is 0 Å². The van der Waals surface area contributed by atoms with E-state index in [9.17, 15) is 4.79 Å². The number of rotatable bonds is 3. The number of anilines is 1. The molecule has 1 aromatic heterocycles. The van der Waals surface area contributed by atoms with Crippen LogP contribution in [-0.2, 0) is 9.53 Å². The van der Waals surface area contributed by atoms with E-state index in [0.717, 1.165) is 43.9 Å². The summed E-state index contributed by atoms with van der Waals surface area (Å²) in [5.74, 6) is 0.231. The third-order valence-corrected chi connectivity index (χ3v) is 4.29.